The van der Waals surface area contributed by atoms with E-state index in [0.29, 0.717) is 11.8 Å². The van der Waals surface area contributed by atoms with Gasteiger partial charge < -0.3 is 0 Å². The van der Waals surface area contributed by atoms with Gasteiger partial charge in [0.05, 0.1) is 0 Å². The maximum Gasteiger partial charge on any atom is 0.0245 e. The first-order chi connectivity index (χ1) is 10.9. The van der Waals surface area contributed by atoms with Crippen LogP contribution in [0.5, 0.6) is 0 Å². The van der Waals surface area contributed by atoms with Crippen LogP contribution in [-0.4, -0.2) is 0 Å². The topological polar surface area (TPSA) is 0 Å². The van der Waals surface area contributed by atoms with Crippen LogP contribution < -0.4 is 0 Å². The van der Waals surface area contributed by atoms with Gasteiger partial charge in [0.1, 0.15) is 0 Å². The summed E-state index contributed by atoms with van der Waals surface area (Å²) in [6.45, 7) is 0. The molecule has 0 heterocycles. The third kappa shape index (κ3) is 4.28. The van der Waals surface area contributed by atoms with Gasteiger partial charge in [-0.2, -0.15) is 0 Å². The van der Waals surface area contributed by atoms with Crippen molar-refractivity contribution in [1.29, 1.82) is 0 Å². The highest BCUT2D eigenvalue weighted by Crippen LogP contribution is 2.28. The zero-order valence-corrected chi connectivity index (χ0v) is 12.8. The van der Waals surface area contributed by atoms with Gasteiger partial charge in [-0.05, 0) is 43.5 Å². The van der Waals surface area contributed by atoms with Crippen molar-refractivity contribution < 1.29 is 0 Å². The lowest BCUT2D eigenvalue weighted by Gasteiger charge is -2.22. The molecule has 0 radical (unpaired) electrons. The standard InChI is InChI=1S/C22H20/c1-3-8-19(9-4-1)14-16-21-12-7-13-22(18-21)17-15-20-10-5-2-6-11-20/h1-6,8-11,21-22H,7,12-13,18H2. The fourth-order valence-corrected chi connectivity index (χ4v) is 2.87. The highest BCUT2D eigenvalue weighted by atomic mass is 14.2. The van der Waals surface area contributed by atoms with Crippen molar-refractivity contribution in [3.8, 4) is 23.7 Å². The van der Waals surface area contributed by atoms with Crippen molar-refractivity contribution in [3.05, 3.63) is 71.8 Å². The normalized spacial score (nSPS) is 20.2. The Hall–Kier alpha value is -2.44. The molecule has 2 aromatic carbocycles. The van der Waals surface area contributed by atoms with Gasteiger partial charge in [0, 0.05) is 23.0 Å². The quantitative estimate of drug-likeness (QED) is 0.604. The Balaban J connectivity index is 1.63. The third-order valence-electron chi connectivity index (χ3n) is 4.06. The van der Waals surface area contributed by atoms with Crippen molar-refractivity contribution in [2.75, 3.05) is 0 Å². The highest BCUT2D eigenvalue weighted by Gasteiger charge is 2.18. The Labute approximate surface area is 133 Å². The molecule has 0 saturated heterocycles. The van der Waals surface area contributed by atoms with E-state index < -0.39 is 0 Å². The van der Waals surface area contributed by atoms with E-state index in [9.17, 15) is 0 Å². The van der Waals surface area contributed by atoms with E-state index in [1.807, 2.05) is 36.4 Å². The van der Waals surface area contributed by atoms with Crippen molar-refractivity contribution in [3.63, 3.8) is 0 Å². The summed E-state index contributed by atoms with van der Waals surface area (Å²) in [4.78, 5) is 0. The summed E-state index contributed by atoms with van der Waals surface area (Å²) in [6.07, 6.45) is 4.77. The largest absolute Gasteiger partial charge is 0.0944 e. The minimum Gasteiger partial charge on any atom is -0.0944 e. The van der Waals surface area contributed by atoms with Crippen LogP contribution in [0, 0.1) is 35.5 Å². The van der Waals surface area contributed by atoms with E-state index >= 15 is 0 Å². The minimum atomic E-state index is 0.490. The third-order valence-corrected chi connectivity index (χ3v) is 4.06. The number of hydrogen-bond acceptors (Lipinski definition) is 0. The fourth-order valence-electron chi connectivity index (χ4n) is 2.87. The molecule has 108 valence electrons. The van der Waals surface area contributed by atoms with Gasteiger partial charge in [0.25, 0.3) is 0 Å². The average molecular weight is 284 g/mol. The van der Waals surface area contributed by atoms with Crippen LogP contribution in [0.15, 0.2) is 60.7 Å². The summed E-state index contributed by atoms with van der Waals surface area (Å²) in [5.74, 6) is 14.5. The first-order valence-corrected chi connectivity index (χ1v) is 8.03. The summed E-state index contributed by atoms with van der Waals surface area (Å²) in [6, 6.07) is 20.5. The lowest BCUT2D eigenvalue weighted by Crippen LogP contribution is -2.12. The van der Waals surface area contributed by atoms with E-state index in [1.54, 1.807) is 0 Å². The van der Waals surface area contributed by atoms with Gasteiger partial charge in [-0.1, -0.05) is 66.5 Å². The van der Waals surface area contributed by atoms with Gasteiger partial charge in [-0.25, -0.2) is 0 Å². The summed E-state index contributed by atoms with van der Waals surface area (Å²) in [5, 5.41) is 0. The van der Waals surface area contributed by atoms with Gasteiger partial charge in [-0.3, -0.25) is 0 Å². The van der Waals surface area contributed by atoms with Crippen molar-refractivity contribution in [2.24, 2.45) is 11.8 Å². The molecule has 2 unspecified atom stereocenters. The van der Waals surface area contributed by atoms with Crippen molar-refractivity contribution >= 4 is 0 Å². The van der Waals surface area contributed by atoms with Gasteiger partial charge in [-0.15, -0.1) is 0 Å². The Morgan fingerprint density at radius 1 is 0.636 bits per heavy atom. The molecule has 1 fully saturated rings. The van der Waals surface area contributed by atoms with E-state index in [4.69, 9.17) is 0 Å². The van der Waals surface area contributed by atoms with Crippen LogP contribution in [0.1, 0.15) is 36.8 Å². The van der Waals surface area contributed by atoms with Crippen molar-refractivity contribution in [1.82, 2.24) is 0 Å². The van der Waals surface area contributed by atoms with Gasteiger partial charge >= 0.3 is 0 Å². The second-order valence-electron chi connectivity index (χ2n) is 5.83. The molecule has 0 spiro atoms. The van der Waals surface area contributed by atoms with Crippen LogP contribution in [0.25, 0.3) is 0 Å². The molecule has 0 aromatic heterocycles. The van der Waals surface area contributed by atoms with E-state index in [-0.39, 0.29) is 0 Å². The molecule has 0 amide bonds. The van der Waals surface area contributed by atoms with E-state index in [1.165, 1.54) is 19.3 Å². The van der Waals surface area contributed by atoms with E-state index in [2.05, 4.69) is 47.9 Å². The molecule has 2 atom stereocenters. The average Bonchev–Trinajstić information content (AvgIpc) is 2.60. The van der Waals surface area contributed by atoms with Gasteiger partial charge in [0.2, 0.25) is 0 Å². The summed E-state index contributed by atoms with van der Waals surface area (Å²) < 4.78 is 0. The molecule has 1 aliphatic rings. The molecule has 2 aromatic rings. The molecular formula is C22H20. The zero-order valence-electron chi connectivity index (χ0n) is 12.8. The van der Waals surface area contributed by atoms with E-state index in [0.717, 1.165) is 17.5 Å². The van der Waals surface area contributed by atoms with Gasteiger partial charge in [0.15, 0.2) is 0 Å². The van der Waals surface area contributed by atoms with Crippen LogP contribution >= 0.6 is 0 Å². The minimum absolute atomic E-state index is 0.490. The zero-order chi connectivity index (χ0) is 15.0. The molecule has 3 rings (SSSR count). The highest BCUT2D eigenvalue weighted by molar-refractivity contribution is 5.35. The molecule has 0 nitrogen and oxygen atoms in total. The Morgan fingerprint density at radius 2 is 1.09 bits per heavy atom. The lowest BCUT2D eigenvalue weighted by molar-refractivity contribution is 0.369. The van der Waals surface area contributed by atoms with Crippen LogP contribution in [0.2, 0.25) is 0 Å². The summed E-state index contributed by atoms with van der Waals surface area (Å²) in [7, 11) is 0. The molecule has 0 N–H and O–H groups in total. The number of hydrogen-bond donors (Lipinski definition) is 0. The fraction of sp³-hybridized carbons (Fsp3) is 0.273. The predicted molar refractivity (Wildman–Crippen MR) is 92.1 cm³/mol. The molecule has 0 heteroatoms. The molecule has 1 aliphatic carbocycles. The first kappa shape index (κ1) is 14.5. The molecular weight excluding hydrogens is 264 g/mol. The molecule has 0 bridgehead atoms. The van der Waals surface area contributed by atoms with Crippen LogP contribution in [-0.2, 0) is 0 Å². The molecule has 0 aliphatic heterocycles. The number of rotatable bonds is 0. The number of benzene rings is 2. The first-order valence-electron chi connectivity index (χ1n) is 8.03. The predicted octanol–water partition coefficient (Wildman–Crippen LogP) is 4.90. The lowest BCUT2D eigenvalue weighted by atomic mass is 9.82. The second-order valence-corrected chi connectivity index (χ2v) is 5.83. The smallest absolute Gasteiger partial charge is 0.0245 e. The molecule has 1 saturated carbocycles. The monoisotopic (exact) mass is 284 g/mol. The second kappa shape index (κ2) is 7.53. The molecule has 22 heavy (non-hydrogen) atoms. The Bertz CT molecular complexity index is 641. The Morgan fingerprint density at radius 3 is 1.55 bits per heavy atom. The Kier molecular flexibility index (Phi) is 4.96. The SMILES string of the molecule is C(#CC1CCCC(C#Cc2ccccc2)C1)c1ccccc1. The summed E-state index contributed by atoms with van der Waals surface area (Å²) in [5.41, 5.74) is 2.22. The van der Waals surface area contributed by atoms with Crippen LogP contribution in [0.4, 0.5) is 0 Å². The van der Waals surface area contributed by atoms with Crippen LogP contribution in [0.3, 0.4) is 0 Å². The maximum atomic E-state index is 3.45. The summed E-state index contributed by atoms with van der Waals surface area (Å²) >= 11 is 0. The maximum absolute atomic E-state index is 3.45. The van der Waals surface area contributed by atoms with Crippen molar-refractivity contribution in [2.45, 2.75) is 25.7 Å².